The Bertz CT molecular complexity index is 406. The summed E-state index contributed by atoms with van der Waals surface area (Å²) in [6.07, 6.45) is 23.5. The molecule has 0 heterocycles. The number of aliphatic carboxylic acids is 1. The third-order valence-electron chi connectivity index (χ3n) is 5.03. The van der Waals surface area contributed by atoms with Crippen molar-refractivity contribution in [3.63, 3.8) is 0 Å². The van der Waals surface area contributed by atoms with Gasteiger partial charge in [-0.25, -0.2) is 0 Å². The van der Waals surface area contributed by atoms with Gasteiger partial charge in [0.25, 0.3) is 0 Å². The first kappa shape index (κ1) is 30.1. The summed E-state index contributed by atoms with van der Waals surface area (Å²) in [6.45, 7) is 8.68. The van der Waals surface area contributed by atoms with E-state index in [9.17, 15) is 4.79 Å². The van der Waals surface area contributed by atoms with E-state index in [0.29, 0.717) is 6.42 Å². The Morgan fingerprint density at radius 2 is 1.14 bits per heavy atom. The molecule has 0 unspecified atom stereocenters. The van der Waals surface area contributed by atoms with Gasteiger partial charge in [-0.2, -0.15) is 0 Å². The smallest absolute Gasteiger partial charge is 0.303 e. The summed E-state index contributed by atoms with van der Waals surface area (Å²) < 4.78 is 0. The van der Waals surface area contributed by atoms with E-state index in [1.54, 1.807) is 0 Å². The fourth-order valence-corrected chi connectivity index (χ4v) is 3.14. The van der Waals surface area contributed by atoms with Crippen LogP contribution in [0.25, 0.3) is 0 Å². The molecule has 0 aliphatic carbocycles. The number of aliphatic hydroxyl groups excluding tert-OH is 1. The van der Waals surface area contributed by atoms with Gasteiger partial charge in [-0.1, -0.05) is 107 Å². The quantitative estimate of drug-likeness (QED) is 0.177. The second kappa shape index (κ2) is 24.9. The Morgan fingerprint density at radius 1 is 0.690 bits per heavy atom. The number of allylic oxidation sites excluding steroid dienone is 3. The summed E-state index contributed by atoms with van der Waals surface area (Å²) in [7, 11) is 0. The molecule has 3 heteroatoms. The van der Waals surface area contributed by atoms with Crippen molar-refractivity contribution in [2.75, 3.05) is 6.61 Å². The number of carbonyl (C=O) groups is 1. The monoisotopic (exact) mass is 410 g/mol. The molecule has 0 aromatic rings. The maximum Gasteiger partial charge on any atom is 0.303 e. The zero-order valence-electron chi connectivity index (χ0n) is 20.0. The highest BCUT2D eigenvalue weighted by molar-refractivity contribution is 5.66. The highest BCUT2D eigenvalue weighted by Crippen LogP contribution is 2.12. The lowest BCUT2D eigenvalue weighted by Crippen LogP contribution is -1.93. The molecule has 0 spiro atoms. The van der Waals surface area contributed by atoms with E-state index in [-0.39, 0.29) is 6.61 Å². The van der Waals surface area contributed by atoms with Crippen LogP contribution in [0.4, 0.5) is 0 Å². The SMILES string of the molecule is CC(C)=CCC/C(C)=C/CO.CCCCCCCCCCCCCCCC(=O)O. The lowest BCUT2D eigenvalue weighted by Gasteiger charge is -2.02. The number of unbranched alkanes of at least 4 members (excludes halogenated alkanes) is 12. The van der Waals surface area contributed by atoms with Crippen LogP contribution in [0.2, 0.25) is 0 Å². The number of carboxylic acid groups (broad SMARTS) is 1. The molecule has 0 aliphatic heterocycles. The molecule has 0 saturated heterocycles. The molecule has 0 aliphatic rings. The summed E-state index contributed by atoms with van der Waals surface area (Å²) in [5.41, 5.74) is 2.63. The number of rotatable bonds is 18. The standard InChI is InChI=1S/C16H32O2.C10H18O/c1-2-3-4-5-6-7-8-9-10-11-12-13-14-15-16(17)18;1-9(2)5-4-6-10(3)7-8-11/h2-15H2,1H3,(H,17,18);5,7,11H,4,6,8H2,1-3H3/b;10-7+. The van der Waals surface area contributed by atoms with Crippen LogP contribution < -0.4 is 0 Å². The van der Waals surface area contributed by atoms with Crippen molar-refractivity contribution in [2.45, 2.75) is 130 Å². The highest BCUT2D eigenvalue weighted by Gasteiger charge is 1.96. The molecule has 3 nitrogen and oxygen atoms in total. The largest absolute Gasteiger partial charge is 0.481 e. The van der Waals surface area contributed by atoms with E-state index in [4.69, 9.17) is 10.2 Å². The lowest BCUT2D eigenvalue weighted by molar-refractivity contribution is -0.137. The molecule has 0 radical (unpaired) electrons. The van der Waals surface area contributed by atoms with Crippen molar-refractivity contribution < 1.29 is 15.0 Å². The first-order valence-corrected chi connectivity index (χ1v) is 12.1. The fraction of sp³-hybridized carbons (Fsp3) is 0.808. The van der Waals surface area contributed by atoms with Gasteiger partial charge in [-0.3, -0.25) is 4.79 Å². The van der Waals surface area contributed by atoms with Crippen LogP contribution in [0, 0.1) is 0 Å². The van der Waals surface area contributed by atoms with Gasteiger partial charge < -0.3 is 10.2 Å². The summed E-state index contributed by atoms with van der Waals surface area (Å²) in [6, 6.07) is 0. The molecule has 0 fully saturated rings. The Morgan fingerprint density at radius 3 is 1.52 bits per heavy atom. The average molecular weight is 411 g/mol. The van der Waals surface area contributed by atoms with Gasteiger partial charge in [0.1, 0.15) is 0 Å². The second-order valence-corrected chi connectivity index (χ2v) is 8.44. The van der Waals surface area contributed by atoms with Crippen molar-refractivity contribution in [3.8, 4) is 0 Å². The predicted octanol–water partition coefficient (Wildman–Crippen LogP) is 8.22. The third-order valence-corrected chi connectivity index (χ3v) is 5.03. The van der Waals surface area contributed by atoms with Gasteiger partial charge >= 0.3 is 5.97 Å². The molecule has 2 N–H and O–H groups in total. The predicted molar refractivity (Wildman–Crippen MR) is 127 cm³/mol. The average Bonchev–Trinajstić information content (AvgIpc) is 2.66. The molecule has 172 valence electrons. The number of hydrogen-bond acceptors (Lipinski definition) is 2. The zero-order valence-corrected chi connectivity index (χ0v) is 20.0. The minimum Gasteiger partial charge on any atom is -0.481 e. The second-order valence-electron chi connectivity index (χ2n) is 8.44. The van der Waals surface area contributed by atoms with Gasteiger partial charge in [0.15, 0.2) is 0 Å². The normalized spacial score (nSPS) is 11.0. The van der Waals surface area contributed by atoms with Crippen molar-refractivity contribution in [3.05, 3.63) is 23.3 Å². The topological polar surface area (TPSA) is 57.5 Å². The Hall–Kier alpha value is -1.09. The third kappa shape index (κ3) is 31.8. The maximum atomic E-state index is 10.3. The Kier molecular flexibility index (Phi) is 25.9. The number of hydrogen-bond donors (Lipinski definition) is 2. The summed E-state index contributed by atoms with van der Waals surface area (Å²) in [5.74, 6) is -0.655. The number of carboxylic acids is 1. The minimum atomic E-state index is -0.655. The molecule has 0 atom stereocenters. The summed E-state index contributed by atoms with van der Waals surface area (Å²) in [4.78, 5) is 10.3. The van der Waals surface area contributed by atoms with E-state index < -0.39 is 5.97 Å². The Balaban J connectivity index is 0. The molecule has 0 aromatic heterocycles. The first-order valence-electron chi connectivity index (χ1n) is 12.1. The van der Waals surface area contributed by atoms with Crippen LogP contribution in [0.15, 0.2) is 23.3 Å². The van der Waals surface area contributed by atoms with Crippen molar-refractivity contribution in [2.24, 2.45) is 0 Å². The van der Waals surface area contributed by atoms with Gasteiger partial charge in [-0.05, 0) is 40.0 Å². The van der Waals surface area contributed by atoms with E-state index in [2.05, 4.69) is 33.8 Å². The minimum absolute atomic E-state index is 0.167. The van der Waals surface area contributed by atoms with E-state index in [0.717, 1.165) is 25.7 Å². The molecular formula is C26H50O3. The van der Waals surface area contributed by atoms with Gasteiger partial charge in [0.05, 0.1) is 6.61 Å². The highest BCUT2D eigenvalue weighted by atomic mass is 16.4. The molecule has 0 amide bonds. The van der Waals surface area contributed by atoms with Crippen molar-refractivity contribution in [1.82, 2.24) is 0 Å². The zero-order chi connectivity index (χ0) is 22.2. The molecular weight excluding hydrogens is 360 g/mol. The lowest BCUT2D eigenvalue weighted by atomic mass is 10.0. The van der Waals surface area contributed by atoms with Crippen molar-refractivity contribution in [1.29, 1.82) is 0 Å². The van der Waals surface area contributed by atoms with Crippen LogP contribution >= 0.6 is 0 Å². The number of aliphatic hydroxyl groups is 1. The molecule has 0 bridgehead atoms. The van der Waals surface area contributed by atoms with Gasteiger partial charge in [0, 0.05) is 6.42 Å². The van der Waals surface area contributed by atoms with E-state index in [1.807, 2.05) is 6.08 Å². The van der Waals surface area contributed by atoms with Crippen LogP contribution in [0.5, 0.6) is 0 Å². The fourth-order valence-electron chi connectivity index (χ4n) is 3.14. The van der Waals surface area contributed by atoms with E-state index in [1.165, 1.54) is 81.8 Å². The van der Waals surface area contributed by atoms with Crippen molar-refractivity contribution >= 4 is 5.97 Å². The first-order chi connectivity index (χ1) is 13.9. The molecule has 29 heavy (non-hydrogen) atoms. The molecule has 0 saturated carbocycles. The maximum absolute atomic E-state index is 10.3. The van der Waals surface area contributed by atoms with Crippen LogP contribution in [0.1, 0.15) is 130 Å². The molecule has 0 aromatic carbocycles. The van der Waals surface area contributed by atoms with Crippen LogP contribution in [-0.2, 0) is 4.79 Å². The summed E-state index contributed by atoms with van der Waals surface area (Å²) in [5, 5.41) is 17.0. The van der Waals surface area contributed by atoms with E-state index >= 15 is 0 Å². The molecule has 0 rings (SSSR count). The van der Waals surface area contributed by atoms with Crippen LogP contribution in [0.3, 0.4) is 0 Å². The van der Waals surface area contributed by atoms with Gasteiger partial charge in [0.2, 0.25) is 0 Å². The summed E-state index contributed by atoms with van der Waals surface area (Å²) >= 11 is 0. The Labute approximate surface area is 181 Å². The van der Waals surface area contributed by atoms with Gasteiger partial charge in [-0.15, -0.1) is 0 Å². The van der Waals surface area contributed by atoms with Crippen LogP contribution in [-0.4, -0.2) is 22.8 Å².